The lowest BCUT2D eigenvalue weighted by atomic mass is 10.5. The molecule has 5 heteroatoms. The van der Waals surface area contributed by atoms with Crippen molar-refractivity contribution in [2.45, 2.75) is 25.6 Å². The molecule has 0 amide bonds. The van der Waals surface area contributed by atoms with E-state index in [1.54, 1.807) is 11.3 Å². The summed E-state index contributed by atoms with van der Waals surface area (Å²) in [6, 6.07) is 0. The monoisotopic (exact) mass is 227 g/mol. The average Bonchev–Trinajstić information content (AvgIpc) is 2.72. The van der Waals surface area contributed by atoms with Gasteiger partial charge in [-0.25, -0.2) is 4.98 Å². The molecule has 2 rings (SSSR count). The number of thioether (sulfide) groups is 1. The molecule has 3 nitrogen and oxygen atoms in total. The summed E-state index contributed by atoms with van der Waals surface area (Å²) in [5.74, 6) is 0. The predicted molar refractivity (Wildman–Crippen MR) is 63.0 cm³/mol. The number of hydrogen-bond donors (Lipinski definition) is 1. The van der Waals surface area contributed by atoms with Gasteiger partial charge in [0.2, 0.25) is 0 Å². The Morgan fingerprint density at radius 3 is 3.07 bits per heavy atom. The van der Waals surface area contributed by atoms with E-state index in [1.165, 1.54) is 4.88 Å². The molecule has 0 radical (unpaired) electrons. The summed E-state index contributed by atoms with van der Waals surface area (Å²) >= 11 is 3.54. The summed E-state index contributed by atoms with van der Waals surface area (Å²) in [4.78, 5) is 9.93. The van der Waals surface area contributed by atoms with Crippen molar-refractivity contribution in [3.8, 4) is 0 Å². The Morgan fingerprint density at radius 2 is 2.50 bits per heavy atom. The van der Waals surface area contributed by atoms with Crippen molar-refractivity contribution in [3.63, 3.8) is 0 Å². The van der Waals surface area contributed by atoms with E-state index in [9.17, 15) is 0 Å². The van der Waals surface area contributed by atoms with E-state index < -0.39 is 0 Å². The Kier molecular flexibility index (Phi) is 3.08. The van der Waals surface area contributed by atoms with Gasteiger partial charge in [-0.15, -0.1) is 11.3 Å². The van der Waals surface area contributed by atoms with Gasteiger partial charge in [0.25, 0.3) is 0 Å². The van der Waals surface area contributed by atoms with Crippen LogP contribution in [0.3, 0.4) is 0 Å². The number of hydrogen-bond acceptors (Lipinski definition) is 5. The van der Waals surface area contributed by atoms with Crippen molar-refractivity contribution < 1.29 is 0 Å². The van der Waals surface area contributed by atoms with E-state index in [4.69, 9.17) is 0 Å². The SMILES string of the molecule is Cc1cnc(CNC2=NCC(C)S2)s1. The summed E-state index contributed by atoms with van der Waals surface area (Å²) in [5.41, 5.74) is 0. The maximum atomic E-state index is 4.38. The zero-order valence-corrected chi connectivity index (χ0v) is 9.91. The first-order chi connectivity index (χ1) is 6.74. The fourth-order valence-electron chi connectivity index (χ4n) is 1.21. The van der Waals surface area contributed by atoms with E-state index in [0.717, 1.165) is 23.3 Å². The van der Waals surface area contributed by atoms with Crippen molar-refractivity contribution in [1.82, 2.24) is 10.3 Å². The van der Waals surface area contributed by atoms with Gasteiger partial charge in [0.15, 0.2) is 5.17 Å². The smallest absolute Gasteiger partial charge is 0.157 e. The number of aromatic nitrogens is 1. The van der Waals surface area contributed by atoms with Gasteiger partial charge in [-0.3, -0.25) is 4.99 Å². The van der Waals surface area contributed by atoms with Gasteiger partial charge in [0.1, 0.15) is 5.01 Å². The van der Waals surface area contributed by atoms with Crippen LogP contribution in [-0.2, 0) is 6.54 Å². The second-order valence-electron chi connectivity index (χ2n) is 3.29. The number of nitrogens with one attached hydrogen (secondary N) is 1. The lowest BCUT2D eigenvalue weighted by molar-refractivity contribution is 0.902. The molecule has 76 valence electrons. The highest BCUT2D eigenvalue weighted by Crippen LogP contribution is 2.19. The Balaban J connectivity index is 1.83. The Morgan fingerprint density at radius 1 is 1.64 bits per heavy atom. The molecule has 1 aromatic heterocycles. The Hall–Kier alpha value is -0.550. The zero-order chi connectivity index (χ0) is 9.97. The number of amidine groups is 1. The summed E-state index contributed by atoms with van der Waals surface area (Å²) in [7, 11) is 0. The van der Waals surface area contributed by atoms with Crippen LogP contribution in [0.2, 0.25) is 0 Å². The van der Waals surface area contributed by atoms with Gasteiger partial charge in [0, 0.05) is 16.3 Å². The molecule has 0 saturated carbocycles. The van der Waals surface area contributed by atoms with Crippen LogP contribution in [0.15, 0.2) is 11.2 Å². The second kappa shape index (κ2) is 4.31. The standard InChI is InChI=1S/C9H13N3S2/c1-6-3-10-8(13-6)5-12-9-11-4-7(2)14-9/h3,7H,4-5H2,1-2H3,(H,11,12). The molecule has 14 heavy (non-hydrogen) atoms. The Bertz CT molecular complexity index is 346. The quantitative estimate of drug-likeness (QED) is 0.840. The third-order valence-corrected chi connectivity index (χ3v) is 3.83. The van der Waals surface area contributed by atoms with Crippen LogP contribution >= 0.6 is 23.1 Å². The molecule has 0 aliphatic carbocycles. The lowest BCUT2D eigenvalue weighted by Crippen LogP contribution is -2.18. The van der Waals surface area contributed by atoms with Gasteiger partial charge in [-0.05, 0) is 6.92 Å². The molecule has 1 atom stereocenters. The molecule has 0 fully saturated rings. The molecule has 1 unspecified atom stereocenters. The molecule has 0 spiro atoms. The normalized spacial score (nSPS) is 21.0. The first kappa shape index (κ1) is 9.98. The molecular formula is C9H13N3S2. The maximum Gasteiger partial charge on any atom is 0.157 e. The molecule has 1 N–H and O–H groups in total. The fourth-order valence-corrected chi connectivity index (χ4v) is 2.77. The van der Waals surface area contributed by atoms with Crippen molar-refractivity contribution in [2.24, 2.45) is 4.99 Å². The van der Waals surface area contributed by atoms with Gasteiger partial charge in [0.05, 0.1) is 13.1 Å². The highest BCUT2D eigenvalue weighted by molar-refractivity contribution is 8.14. The average molecular weight is 227 g/mol. The zero-order valence-electron chi connectivity index (χ0n) is 8.28. The van der Waals surface area contributed by atoms with Crippen LogP contribution in [-0.4, -0.2) is 21.9 Å². The van der Waals surface area contributed by atoms with Crippen LogP contribution in [0.5, 0.6) is 0 Å². The fraction of sp³-hybridized carbons (Fsp3) is 0.556. The van der Waals surface area contributed by atoms with Gasteiger partial charge < -0.3 is 5.32 Å². The lowest BCUT2D eigenvalue weighted by Gasteiger charge is -2.02. The van der Waals surface area contributed by atoms with Crippen molar-refractivity contribution in [1.29, 1.82) is 0 Å². The minimum absolute atomic E-state index is 0.621. The van der Waals surface area contributed by atoms with Gasteiger partial charge >= 0.3 is 0 Å². The number of nitrogens with zero attached hydrogens (tertiary/aromatic N) is 2. The van der Waals surface area contributed by atoms with E-state index in [2.05, 4.69) is 29.1 Å². The topological polar surface area (TPSA) is 37.3 Å². The first-order valence-electron chi connectivity index (χ1n) is 4.60. The summed E-state index contributed by atoms with van der Waals surface area (Å²) in [6.07, 6.45) is 1.91. The van der Waals surface area contributed by atoms with Gasteiger partial charge in [-0.2, -0.15) is 0 Å². The molecular weight excluding hydrogens is 214 g/mol. The molecule has 1 aliphatic rings. The third kappa shape index (κ3) is 2.48. The molecule has 1 aromatic rings. The molecule has 0 aromatic carbocycles. The highest BCUT2D eigenvalue weighted by atomic mass is 32.2. The molecule has 1 aliphatic heterocycles. The van der Waals surface area contributed by atoms with E-state index in [-0.39, 0.29) is 0 Å². The van der Waals surface area contributed by atoms with E-state index in [1.807, 2.05) is 18.0 Å². The van der Waals surface area contributed by atoms with E-state index >= 15 is 0 Å². The summed E-state index contributed by atoms with van der Waals surface area (Å²) < 4.78 is 0. The van der Waals surface area contributed by atoms with Crippen LogP contribution in [0.25, 0.3) is 0 Å². The second-order valence-corrected chi connectivity index (χ2v) is 6.04. The Labute approximate surface area is 92.0 Å². The maximum absolute atomic E-state index is 4.38. The van der Waals surface area contributed by atoms with Crippen molar-refractivity contribution >= 4 is 28.3 Å². The van der Waals surface area contributed by atoms with Crippen LogP contribution in [0.4, 0.5) is 0 Å². The number of rotatable bonds is 2. The predicted octanol–water partition coefficient (Wildman–Crippen LogP) is 2.03. The van der Waals surface area contributed by atoms with Gasteiger partial charge in [-0.1, -0.05) is 18.7 Å². The van der Waals surface area contributed by atoms with E-state index in [0.29, 0.717) is 5.25 Å². The molecule has 2 heterocycles. The summed E-state index contributed by atoms with van der Waals surface area (Å²) in [5, 5.41) is 6.11. The minimum Gasteiger partial charge on any atom is -0.358 e. The highest BCUT2D eigenvalue weighted by Gasteiger charge is 2.14. The van der Waals surface area contributed by atoms with Crippen molar-refractivity contribution in [3.05, 3.63) is 16.1 Å². The number of thiazole rings is 1. The largest absolute Gasteiger partial charge is 0.358 e. The molecule has 0 saturated heterocycles. The van der Waals surface area contributed by atoms with Crippen LogP contribution in [0.1, 0.15) is 16.8 Å². The third-order valence-electron chi connectivity index (χ3n) is 1.86. The number of aryl methyl sites for hydroxylation is 1. The van der Waals surface area contributed by atoms with Crippen LogP contribution in [0, 0.1) is 6.92 Å². The van der Waals surface area contributed by atoms with Crippen molar-refractivity contribution in [2.75, 3.05) is 6.54 Å². The van der Waals surface area contributed by atoms with Crippen LogP contribution < -0.4 is 5.32 Å². The summed E-state index contributed by atoms with van der Waals surface area (Å²) in [6.45, 7) is 6.00. The minimum atomic E-state index is 0.621. The first-order valence-corrected chi connectivity index (χ1v) is 6.30. The number of aliphatic imine (C=N–C) groups is 1. The molecule has 0 bridgehead atoms.